The number of anilines is 1. The highest BCUT2D eigenvalue weighted by Crippen LogP contribution is 2.46. The molecule has 1 N–H and O–H groups in total. The maximum Gasteiger partial charge on any atom is 0.415 e. The lowest BCUT2D eigenvalue weighted by Crippen LogP contribution is -2.34. The van der Waals surface area contributed by atoms with E-state index in [2.05, 4.69) is 5.32 Å². The maximum atomic E-state index is 13.7. The summed E-state index contributed by atoms with van der Waals surface area (Å²) in [6.45, 7) is 1.54. The van der Waals surface area contributed by atoms with Crippen LogP contribution < -0.4 is 10.2 Å². The van der Waals surface area contributed by atoms with Gasteiger partial charge < -0.3 is 14.8 Å². The number of thiocarbonyl (C=S) groups is 1. The Morgan fingerprint density at radius 2 is 2.14 bits per heavy atom. The highest BCUT2D eigenvalue weighted by atomic mass is 32.1. The fourth-order valence-electron chi connectivity index (χ4n) is 2.54. The van der Waals surface area contributed by atoms with Crippen molar-refractivity contribution in [2.75, 3.05) is 18.6 Å². The van der Waals surface area contributed by atoms with Gasteiger partial charge in [0.05, 0.1) is 25.4 Å². The molecular weight excluding hydrogens is 314 g/mol. The van der Waals surface area contributed by atoms with Crippen LogP contribution in [0.3, 0.4) is 0 Å². The van der Waals surface area contributed by atoms with Crippen molar-refractivity contribution in [2.24, 2.45) is 0 Å². The highest BCUT2D eigenvalue weighted by Gasteiger charge is 2.64. The number of methoxy groups -OCH3 is 1. The van der Waals surface area contributed by atoms with E-state index in [1.165, 1.54) is 18.9 Å². The minimum Gasteiger partial charge on any atom is -0.474 e. The molecule has 0 aromatic heterocycles. The Kier molecular flexibility index (Phi) is 3.43. The highest BCUT2D eigenvalue weighted by molar-refractivity contribution is 7.80. The molecule has 0 bridgehead atoms. The second-order valence-corrected chi connectivity index (χ2v) is 5.82. The molecule has 2 atom stereocenters. The second-order valence-electron chi connectivity index (χ2n) is 5.45. The van der Waals surface area contributed by atoms with Crippen LogP contribution in [0.1, 0.15) is 12.0 Å². The Hall–Kier alpha value is -1.96. The van der Waals surface area contributed by atoms with Crippen molar-refractivity contribution in [1.82, 2.24) is 5.32 Å². The van der Waals surface area contributed by atoms with Gasteiger partial charge in [-0.3, -0.25) is 4.90 Å². The predicted octanol–water partition coefficient (Wildman–Crippen LogP) is 2.26. The van der Waals surface area contributed by atoms with E-state index in [-0.39, 0.29) is 29.0 Å². The van der Waals surface area contributed by atoms with Gasteiger partial charge in [0.15, 0.2) is 5.60 Å². The topological polar surface area (TPSA) is 50.8 Å². The van der Waals surface area contributed by atoms with E-state index in [0.717, 1.165) is 12.1 Å². The van der Waals surface area contributed by atoms with Crippen molar-refractivity contribution < 1.29 is 23.0 Å². The number of benzene rings is 1. The molecule has 1 aliphatic heterocycles. The third kappa shape index (κ3) is 2.37. The molecule has 1 heterocycles. The number of carbonyl (C=O) groups is 1. The van der Waals surface area contributed by atoms with Crippen LogP contribution in [0.25, 0.3) is 0 Å². The molecular formula is C14H14F2N2O3S. The monoisotopic (exact) mass is 328 g/mol. The number of carbonyl (C=O) groups excluding carboxylic acids is 1. The number of ether oxygens (including phenoxy) is 2. The van der Waals surface area contributed by atoms with E-state index in [9.17, 15) is 13.6 Å². The van der Waals surface area contributed by atoms with Crippen LogP contribution in [-0.2, 0) is 9.47 Å². The summed E-state index contributed by atoms with van der Waals surface area (Å²) >= 11 is 4.90. The molecule has 1 unspecified atom stereocenters. The number of amides is 1. The minimum absolute atomic E-state index is 0.0811. The average molecular weight is 328 g/mol. The molecule has 1 aromatic rings. The summed E-state index contributed by atoms with van der Waals surface area (Å²) in [7, 11) is 1.44. The summed E-state index contributed by atoms with van der Waals surface area (Å²) in [6, 6.07) is 2.10. The van der Waals surface area contributed by atoms with Gasteiger partial charge in [0.1, 0.15) is 11.6 Å². The second kappa shape index (κ2) is 5.05. The Morgan fingerprint density at radius 3 is 2.73 bits per heavy atom. The first-order chi connectivity index (χ1) is 10.4. The van der Waals surface area contributed by atoms with Crippen LogP contribution in [0.5, 0.6) is 0 Å². The molecule has 118 valence electrons. The normalized spacial score (nSPS) is 26.1. The number of hydrogen-bond donors (Lipinski definition) is 1. The Labute approximate surface area is 131 Å². The molecule has 1 saturated carbocycles. The lowest BCUT2D eigenvalue weighted by Gasteiger charge is -2.14. The van der Waals surface area contributed by atoms with Gasteiger partial charge in [0.25, 0.3) is 5.17 Å². The zero-order chi connectivity index (χ0) is 16.1. The van der Waals surface area contributed by atoms with Gasteiger partial charge in [-0.05, 0) is 31.3 Å². The summed E-state index contributed by atoms with van der Waals surface area (Å²) in [6.07, 6.45) is -0.0643. The van der Waals surface area contributed by atoms with Crippen molar-refractivity contribution in [1.29, 1.82) is 0 Å². The molecule has 1 aromatic carbocycles. The van der Waals surface area contributed by atoms with Crippen molar-refractivity contribution in [2.45, 2.75) is 25.0 Å². The SMILES string of the molecule is COC(=S)NC1C[C@@]12CN(c1cc(F)c(C)c(F)c1)C(=O)O2. The number of nitrogens with zero attached hydrogens (tertiary/aromatic N) is 1. The quantitative estimate of drug-likeness (QED) is 0.844. The number of nitrogens with one attached hydrogen (secondary N) is 1. The fourth-order valence-corrected chi connectivity index (χ4v) is 2.68. The molecule has 1 spiro atoms. The fraction of sp³-hybridized carbons (Fsp3) is 0.429. The predicted molar refractivity (Wildman–Crippen MR) is 78.8 cm³/mol. The summed E-state index contributed by atoms with van der Waals surface area (Å²) in [4.78, 5) is 13.2. The zero-order valence-electron chi connectivity index (χ0n) is 12.0. The molecule has 22 heavy (non-hydrogen) atoms. The van der Waals surface area contributed by atoms with Crippen LogP contribution in [0.4, 0.5) is 19.3 Å². The van der Waals surface area contributed by atoms with E-state index in [1.54, 1.807) is 0 Å². The average Bonchev–Trinajstić information content (AvgIpc) is 3.00. The van der Waals surface area contributed by atoms with Gasteiger partial charge in [-0.1, -0.05) is 0 Å². The summed E-state index contributed by atoms with van der Waals surface area (Å²) < 4.78 is 37.5. The minimum atomic E-state index is -0.725. The molecule has 3 rings (SSSR count). The Balaban J connectivity index is 1.78. The van der Waals surface area contributed by atoms with E-state index in [1.807, 2.05) is 0 Å². The van der Waals surface area contributed by atoms with Crippen LogP contribution in [-0.4, -0.2) is 36.6 Å². The molecule has 5 nitrogen and oxygen atoms in total. The molecule has 1 aliphatic carbocycles. The van der Waals surface area contributed by atoms with Gasteiger partial charge in [-0.25, -0.2) is 13.6 Å². The summed E-state index contributed by atoms with van der Waals surface area (Å²) in [5.74, 6) is -1.40. The van der Waals surface area contributed by atoms with Gasteiger partial charge in [-0.2, -0.15) is 0 Å². The number of hydrogen-bond acceptors (Lipinski definition) is 4. The smallest absolute Gasteiger partial charge is 0.415 e. The summed E-state index contributed by atoms with van der Waals surface area (Å²) in [5, 5.41) is 3.13. The Bertz CT molecular complexity index is 646. The molecule has 2 fully saturated rings. The van der Waals surface area contributed by atoms with Crippen LogP contribution in [0, 0.1) is 18.6 Å². The van der Waals surface area contributed by atoms with Crippen molar-refractivity contribution in [3.8, 4) is 0 Å². The lowest BCUT2D eigenvalue weighted by molar-refractivity contribution is 0.123. The largest absolute Gasteiger partial charge is 0.474 e. The first-order valence-corrected chi connectivity index (χ1v) is 7.08. The maximum absolute atomic E-state index is 13.7. The standard InChI is InChI=1S/C14H14F2N2O3S/c1-7-9(15)3-8(4-10(7)16)18-6-14(21-13(18)19)5-11(14)17-12(22)20-2/h3-4,11H,5-6H2,1-2H3,(H,17,22)/t11?,14-/m1/s1. The number of halogens is 2. The van der Waals surface area contributed by atoms with Gasteiger partial charge >= 0.3 is 6.09 Å². The van der Waals surface area contributed by atoms with E-state index >= 15 is 0 Å². The first kappa shape index (κ1) is 15.0. The molecule has 2 aliphatic rings. The zero-order valence-corrected chi connectivity index (χ0v) is 12.8. The first-order valence-electron chi connectivity index (χ1n) is 6.67. The molecule has 1 saturated heterocycles. The van der Waals surface area contributed by atoms with Gasteiger partial charge in [0, 0.05) is 12.0 Å². The third-order valence-electron chi connectivity index (χ3n) is 4.02. The van der Waals surface area contributed by atoms with Crippen LogP contribution in [0.15, 0.2) is 12.1 Å². The van der Waals surface area contributed by atoms with Crippen molar-refractivity contribution >= 4 is 29.2 Å². The van der Waals surface area contributed by atoms with Gasteiger partial charge in [0.2, 0.25) is 0 Å². The molecule has 1 amide bonds. The van der Waals surface area contributed by atoms with Crippen molar-refractivity contribution in [3.05, 3.63) is 29.3 Å². The van der Waals surface area contributed by atoms with Gasteiger partial charge in [-0.15, -0.1) is 0 Å². The van der Waals surface area contributed by atoms with Crippen LogP contribution >= 0.6 is 12.2 Å². The lowest BCUT2D eigenvalue weighted by atomic mass is 10.2. The third-order valence-corrected chi connectivity index (χ3v) is 4.30. The van der Waals surface area contributed by atoms with Crippen LogP contribution in [0.2, 0.25) is 0 Å². The molecule has 8 heteroatoms. The Morgan fingerprint density at radius 1 is 1.50 bits per heavy atom. The van der Waals surface area contributed by atoms with E-state index in [0.29, 0.717) is 6.42 Å². The van der Waals surface area contributed by atoms with E-state index in [4.69, 9.17) is 21.7 Å². The van der Waals surface area contributed by atoms with Crippen molar-refractivity contribution in [3.63, 3.8) is 0 Å². The number of rotatable bonds is 2. The summed E-state index contributed by atoms with van der Waals surface area (Å²) in [5.41, 5.74) is -0.665. The van der Waals surface area contributed by atoms with E-state index < -0.39 is 23.3 Å². The molecule has 0 radical (unpaired) electrons.